The highest BCUT2D eigenvalue weighted by Gasteiger charge is 2.31. The molecule has 116 valence electrons. The summed E-state index contributed by atoms with van der Waals surface area (Å²) in [5.74, 6) is -1.19. The number of rotatable bonds is 3. The minimum Gasteiger partial charge on any atom is -0.444 e. The number of carbonyl (C=O) groups is 2. The van der Waals surface area contributed by atoms with Gasteiger partial charge < -0.3 is 9.64 Å². The SMILES string of the molecule is CC(C)(C)OC(=O)N1CCC[C@H](C(=O)CS(C)(=O)=O)C1. The molecule has 20 heavy (non-hydrogen) atoms. The van der Waals surface area contributed by atoms with Crippen LogP contribution >= 0.6 is 0 Å². The smallest absolute Gasteiger partial charge is 0.410 e. The van der Waals surface area contributed by atoms with Crippen LogP contribution in [0.1, 0.15) is 33.6 Å². The van der Waals surface area contributed by atoms with Gasteiger partial charge in [0.05, 0.1) is 0 Å². The van der Waals surface area contributed by atoms with Gasteiger partial charge in [-0.3, -0.25) is 4.79 Å². The Bertz CT molecular complexity index is 477. The van der Waals surface area contributed by atoms with Crippen LogP contribution in [0.2, 0.25) is 0 Å². The van der Waals surface area contributed by atoms with E-state index in [0.717, 1.165) is 6.26 Å². The summed E-state index contributed by atoms with van der Waals surface area (Å²) in [5, 5.41) is 0. The van der Waals surface area contributed by atoms with Crippen molar-refractivity contribution in [1.29, 1.82) is 0 Å². The first-order chi connectivity index (χ1) is 8.98. The van der Waals surface area contributed by atoms with E-state index in [9.17, 15) is 18.0 Å². The average Bonchev–Trinajstić information content (AvgIpc) is 2.24. The normalized spacial score (nSPS) is 20.6. The Kier molecular flexibility index (Phi) is 5.18. The average molecular weight is 305 g/mol. The van der Waals surface area contributed by atoms with Gasteiger partial charge in [-0.1, -0.05) is 0 Å². The first-order valence-electron chi connectivity index (χ1n) is 6.66. The molecule has 1 amide bonds. The Morgan fingerprint density at radius 3 is 2.40 bits per heavy atom. The monoisotopic (exact) mass is 305 g/mol. The molecule has 0 radical (unpaired) electrons. The zero-order valence-corrected chi connectivity index (χ0v) is 13.3. The predicted molar refractivity (Wildman–Crippen MR) is 75.2 cm³/mol. The van der Waals surface area contributed by atoms with Gasteiger partial charge >= 0.3 is 6.09 Å². The van der Waals surface area contributed by atoms with Crippen LogP contribution in [0.15, 0.2) is 0 Å². The lowest BCUT2D eigenvalue weighted by atomic mass is 9.95. The second-order valence-electron chi connectivity index (χ2n) is 6.30. The molecule has 0 bridgehead atoms. The molecular weight excluding hydrogens is 282 g/mol. The second kappa shape index (κ2) is 6.11. The van der Waals surface area contributed by atoms with E-state index < -0.39 is 33.2 Å². The number of nitrogens with zero attached hydrogens (tertiary/aromatic N) is 1. The predicted octanol–water partition coefficient (Wildman–Crippen LogP) is 1.25. The van der Waals surface area contributed by atoms with Crippen LogP contribution in [0.25, 0.3) is 0 Å². The summed E-state index contributed by atoms with van der Waals surface area (Å²) < 4.78 is 27.6. The largest absolute Gasteiger partial charge is 0.444 e. The molecule has 0 saturated carbocycles. The highest BCUT2D eigenvalue weighted by Crippen LogP contribution is 2.20. The van der Waals surface area contributed by atoms with Gasteiger partial charge in [0.2, 0.25) is 0 Å². The van der Waals surface area contributed by atoms with Crippen LogP contribution in [0.4, 0.5) is 4.79 Å². The van der Waals surface area contributed by atoms with Crippen molar-refractivity contribution in [3.8, 4) is 0 Å². The molecule has 0 unspecified atom stereocenters. The molecule has 0 spiro atoms. The molecule has 0 N–H and O–H groups in total. The van der Waals surface area contributed by atoms with E-state index in [1.807, 2.05) is 0 Å². The molecule has 1 fully saturated rings. The summed E-state index contributed by atoms with van der Waals surface area (Å²) in [4.78, 5) is 25.3. The zero-order chi connectivity index (χ0) is 15.6. The number of hydrogen-bond donors (Lipinski definition) is 0. The van der Waals surface area contributed by atoms with Crippen LogP contribution in [0, 0.1) is 5.92 Å². The Morgan fingerprint density at radius 1 is 1.30 bits per heavy atom. The molecule has 0 aliphatic carbocycles. The highest BCUT2D eigenvalue weighted by molar-refractivity contribution is 7.91. The van der Waals surface area contributed by atoms with Crippen LogP contribution < -0.4 is 0 Å². The highest BCUT2D eigenvalue weighted by atomic mass is 32.2. The first-order valence-corrected chi connectivity index (χ1v) is 8.72. The maximum absolute atomic E-state index is 11.9. The fraction of sp³-hybridized carbons (Fsp3) is 0.846. The zero-order valence-electron chi connectivity index (χ0n) is 12.5. The number of hydrogen-bond acceptors (Lipinski definition) is 5. The minimum atomic E-state index is -3.32. The van der Waals surface area contributed by atoms with Crippen LogP contribution in [-0.4, -0.2) is 55.9 Å². The van der Waals surface area contributed by atoms with E-state index in [1.165, 1.54) is 4.90 Å². The molecule has 0 aromatic heterocycles. The summed E-state index contributed by atoms with van der Waals surface area (Å²) in [5.41, 5.74) is -0.583. The molecule has 6 nitrogen and oxygen atoms in total. The summed E-state index contributed by atoms with van der Waals surface area (Å²) >= 11 is 0. The van der Waals surface area contributed by atoms with Crippen molar-refractivity contribution < 1.29 is 22.7 Å². The quantitative estimate of drug-likeness (QED) is 0.784. The van der Waals surface area contributed by atoms with Crippen molar-refractivity contribution in [2.75, 3.05) is 25.1 Å². The number of piperidine rings is 1. The van der Waals surface area contributed by atoms with Crippen LogP contribution in [-0.2, 0) is 19.4 Å². The van der Waals surface area contributed by atoms with E-state index in [4.69, 9.17) is 4.74 Å². The maximum Gasteiger partial charge on any atom is 0.410 e. The van der Waals surface area contributed by atoms with Crippen LogP contribution in [0.5, 0.6) is 0 Å². The van der Waals surface area contributed by atoms with Gasteiger partial charge in [0, 0.05) is 25.3 Å². The maximum atomic E-state index is 11.9. The molecule has 1 aliphatic heterocycles. The molecule has 1 heterocycles. The number of ether oxygens (including phenoxy) is 1. The van der Waals surface area contributed by atoms with Gasteiger partial charge in [0.15, 0.2) is 15.6 Å². The third-order valence-electron chi connectivity index (χ3n) is 2.93. The van der Waals surface area contributed by atoms with E-state index in [0.29, 0.717) is 19.4 Å². The molecule has 1 atom stereocenters. The number of Topliss-reactive ketones (excluding diaryl/α,β-unsaturated/α-hetero) is 1. The Morgan fingerprint density at radius 2 is 1.90 bits per heavy atom. The lowest BCUT2D eigenvalue weighted by molar-refractivity contribution is -0.121. The van der Waals surface area contributed by atoms with Gasteiger partial charge in [-0.05, 0) is 33.6 Å². The Hall–Kier alpha value is -1.11. The number of likely N-dealkylation sites (tertiary alicyclic amines) is 1. The third-order valence-corrected chi connectivity index (χ3v) is 3.74. The van der Waals surface area contributed by atoms with E-state index in [2.05, 4.69) is 0 Å². The van der Waals surface area contributed by atoms with Crippen molar-refractivity contribution in [2.45, 2.75) is 39.2 Å². The summed E-state index contributed by atoms with van der Waals surface area (Å²) in [7, 11) is -3.32. The topological polar surface area (TPSA) is 80.8 Å². The standard InChI is InChI=1S/C13H23NO5S/c1-13(2,3)19-12(16)14-7-5-6-10(8-14)11(15)9-20(4,17)18/h10H,5-9H2,1-4H3/t10-/m0/s1. The number of ketones is 1. The molecule has 0 aromatic rings. The summed E-state index contributed by atoms with van der Waals surface area (Å²) in [6.45, 7) is 6.12. The number of carbonyl (C=O) groups excluding carboxylic acids is 2. The van der Waals surface area contributed by atoms with E-state index in [1.54, 1.807) is 20.8 Å². The van der Waals surface area contributed by atoms with Crippen LogP contribution in [0.3, 0.4) is 0 Å². The summed E-state index contributed by atoms with van der Waals surface area (Å²) in [6, 6.07) is 0. The van der Waals surface area contributed by atoms with E-state index in [-0.39, 0.29) is 12.3 Å². The Labute approximate surface area is 120 Å². The summed E-state index contributed by atoms with van der Waals surface area (Å²) in [6.07, 6.45) is 1.89. The fourth-order valence-corrected chi connectivity index (χ4v) is 2.86. The molecule has 0 aromatic carbocycles. The minimum absolute atomic E-state index is 0.239. The molecule has 1 aliphatic rings. The van der Waals surface area contributed by atoms with Crippen molar-refractivity contribution in [2.24, 2.45) is 5.92 Å². The molecular formula is C13H23NO5S. The third kappa shape index (κ3) is 5.90. The van der Waals surface area contributed by atoms with Gasteiger partial charge in [0.1, 0.15) is 11.4 Å². The second-order valence-corrected chi connectivity index (χ2v) is 8.44. The van der Waals surface area contributed by atoms with Gasteiger partial charge in [-0.2, -0.15) is 0 Å². The molecule has 7 heteroatoms. The van der Waals surface area contributed by atoms with Gasteiger partial charge in [0.25, 0.3) is 0 Å². The van der Waals surface area contributed by atoms with Crippen molar-refractivity contribution in [1.82, 2.24) is 4.90 Å². The van der Waals surface area contributed by atoms with Crippen molar-refractivity contribution in [3.05, 3.63) is 0 Å². The number of sulfone groups is 1. The lowest BCUT2D eigenvalue weighted by Gasteiger charge is -2.33. The van der Waals surface area contributed by atoms with E-state index >= 15 is 0 Å². The first kappa shape index (κ1) is 16.9. The van der Waals surface area contributed by atoms with Crippen molar-refractivity contribution in [3.63, 3.8) is 0 Å². The van der Waals surface area contributed by atoms with Gasteiger partial charge in [-0.15, -0.1) is 0 Å². The Balaban J connectivity index is 2.63. The fourth-order valence-electron chi connectivity index (χ4n) is 2.11. The molecule has 1 saturated heterocycles. The number of amides is 1. The van der Waals surface area contributed by atoms with Gasteiger partial charge in [-0.25, -0.2) is 13.2 Å². The lowest BCUT2D eigenvalue weighted by Crippen LogP contribution is -2.45. The molecule has 1 rings (SSSR count). The van der Waals surface area contributed by atoms with Crippen molar-refractivity contribution >= 4 is 21.7 Å².